The molecule has 0 atom stereocenters. The van der Waals surface area contributed by atoms with E-state index in [1.54, 1.807) is 4.68 Å². The molecule has 1 saturated heterocycles. The van der Waals surface area contributed by atoms with Crippen molar-refractivity contribution in [2.45, 2.75) is 32.0 Å². The Morgan fingerprint density at radius 1 is 1.29 bits per heavy atom. The van der Waals surface area contributed by atoms with Crippen LogP contribution in [0.4, 0.5) is 0 Å². The summed E-state index contributed by atoms with van der Waals surface area (Å²) in [5.74, 6) is -0.860. The predicted octanol–water partition coefficient (Wildman–Crippen LogP) is 0.109. The number of aromatic nitrogens is 2. The molecule has 1 fully saturated rings. The van der Waals surface area contributed by atoms with Crippen LogP contribution in [0.1, 0.15) is 40.6 Å². The minimum Gasteiger partial charge on any atom is -0.477 e. The van der Waals surface area contributed by atoms with Crippen LogP contribution in [-0.2, 0) is 13.1 Å². The monoisotopic (exact) mass is 236 g/mol. The number of rotatable bonds is 2. The van der Waals surface area contributed by atoms with Gasteiger partial charge in [0.1, 0.15) is 0 Å². The molecule has 3 N–H and O–H groups in total. The Bertz CT molecular complexity index is 449. The van der Waals surface area contributed by atoms with E-state index in [1.807, 2.05) is 0 Å². The molecular formula is C11H16N4O2. The van der Waals surface area contributed by atoms with Crippen LogP contribution in [0.2, 0.25) is 0 Å². The van der Waals surface area contributed by atoms with Gasteiger partial charge >= 0.3 is 5.97 Å². The zero-order chi connectivity index (χ0) is 11.8. The quantitative estimate of drug-likeness (QED) is 0.679. The molecule has 3 heterocycles. The first-order valence-corrected chi connectivity index (χ1v) is 6.02. The summed E-state index contributed by atoms with van der Waals surface area (Å²) in [7, 11) is 0. The van der Waals surface area contributed by atoms with Crippen LogP contribution in [0, 0.1) is 0 Å². The van der Waals surface area contributed by atoms with Gasteiger partial charge in [-0.05, 0) is 25.9 Å². The molecule has 0 spiro atoms. The highest BCUT2D eigenvalue weighted by Crippen LogP contribution is 2.26. The molecule has 17 heavy (non-hydrogen) atoms. The second-order valence-corrected chi connectivity index (χ2v) is 4.61. The second kappa shape index (κ2) is 4.12. The molecule has 1 aromatic rings. The van der Waals surface area contributed by atoms with Crippen LogP contribution in [0.15, 0.2) is 0 Å². The molecule has 6 nitrogen and oxygen atoms in total. The molecular weight excluding hydrogens is 220 g/mol. The van der Waals surface area contributed by atoms with E-state index >= 15 is 0 Å². The summed E-state index contributed by atoms with van der Waals surface area (Å²) < 4.78 is 1.74. The Balaban J connectivity index is 2.00. The number of nitrogens with zero attached hydrogens (tertiary/aromatic N) is 2. The number of aromatic carboxylic acids is 1. The molecule has 0 aromatic carbocycles. The lowest BCUT2D eigenvalue weighted by Crippen LogP contribution is -2.31. The number of fused-ring (bicyclic) bond motifs is 1. The first-order valence-electron chi connectivity index (χ1n) is 6.02. The molecule has 0 saturated carbocycles. The number of carboxylic acids is 1. The zero-order valence-corrected chi connectivity index (χ0v) is 9.57. The van der Waals surface area contributed by atoms with E-state index in [1.165, 1.54) is 0 Å². The minimum atomic E-state index is -0.860. The molecule has 92 valence electrons. The van der Waals surface area contributed by atoms with Crippen molar-refractivity contribution >= 4 is 5.97 Å². The van der Waals surface area contributed by atoms with Crippen molar-refractivity contribution in [2.24, 2.45) is 0 Å². The van der Waals surface area contributed by atoms with Crippen molar-refractivity contribution in [1.29, 1.82) is 0 Å². The average Bonchev–Trinajstić information content (AvgIpc) is 2.88. The summed E-state index contributed by atoms with van der Waals surface area (Å²) in [6.07, 6.45) is 1.91. The Morgan fingerprint density at radius 3 is 2.76 bits per heavy atom. The fraction of sp³-hybridized carbons (Fsp3) is 0.636. The van der Waals surface area contributed by atoms with Gasteiger partial charge in [-0.1, -0.05) is 0 Å². The zero-order valence-electron chi connectivity index (χ0n) is 9.57. The Hall–Kier alpha value is -1.40. The maximum atomic E-state index is 11.4. The van der Waals surface area contributed by atoms with E-state index in [0.717, 1.165) is 37.2 Å². The highest BCUT2D eigenvalue weighted by molar-refractivity contribution is 5.88. The number of hydrogen-bond acceptors (Lipinski definition) is 4. The van der Waals surface area contributed by atoms with Crippen LogP contribution >= 0.6 is 0 Å². The summed E-state index contributed by atoms with van der Waals surface area (Å²) in [5.41, 5.74) is 2.16. The Kier molecular flexibility index (Phi) is 2.60. The largest absolute Gasteiger partial charge is 0.477 e. The predicted molar refractivity (Wildman–Crippen MR) is 60.9 cm³/mol. The SMILES string of the molecule is O=C(O)c1c2c(nn1C1CCNCC1)CNC2. The minimum absolute atomic E-state index is 0.230. The number of carbonyl (C=O) groups is 1. The van der Waals surface area contributed by atoms with Crippen molar-refractivity contribution in [2.75, 3.05) is 13.1 Å². The highest BCUT2D eigenvalue weighted by Gasteiger charge is 2.29. The molecule has 0 amide bonds. The van der Waals surface area contributed by atoms with Crippen LogP contribution < -0.4 is 10.6 Å². The maximum absolute atomic E-state index is 11.4. The van der Waals surface area contributed by atoms with Crippen LogP contribution in [0.5, 0.6) is 0 Å². The van der Waals surface area contributed by atoms with Gasteiger partial charge in [0.25, 0.3) is 0 Å². The summed E-state index contributed by atoms with van der Waals surface area (Å²) in [6, 6.07) is 0.230. The summed E-state index contributed by atoms with van der Waals surface area (Å²) >= 11 is 0. The Labute approximate surface area is 99.0 Å². The third-order valence-corrected chi connectivity index (χ3v) is 3.54. The third-order valence-electron chi connectivity index (χ3n) is 3.54. The van der Waals surface area contributed by atoms with Crippen LogP contribution in [-0.4, -0.2) is 33.9 Å². The van der Waals surface area contributed by atoms with E-state index in [2.05, 4.69) is 15.7 Å². The molecule has 3 rings (SSSR count). The van der Waals surface area contributed by atoms with E-state index in [4.69, 9.17) is 0 Å². The molecule has 6 heteroatoms. The van der Waals surface area contributed by atoms with Crippen LogP contribution in [0.3, 0.4) is 0 Å². The van der Waals surface area contributed by atoms with Gasteiger partial charge in [-0.3, -0.25) is 4.68 Å². The molecule has 1 aromatic heterocycles. The Morgan fingerprint density at radius 2 is 2.06 bits per heavy atom. The fourth-order valence-electron chi connectivity index (χ4n) is 2.69. The van der Waals surface area contributed by atoms with Gasteiger partial charge in [0, 0.05) is 18.7 Å². The van der Waals surface area contributed by atoms with E-state index in [-0.39, 0.29) is 6.04 Å². The molecule has 2 aliphatic rings. The normalized spacial score (nSPS) is 20.5. The molecule has 0 unspecified atom stereocenters. The summed E-state index contributed by atoms with van der Waals surface area (Å²) in [5, 5.41) is 20.2. The average molecular weight is 236 g/mol. The van der Waals surface area contributed by atoms with Crippen LogP contribution in [0.25, 0.3) is 0 Å². The highest BCUT2D eigenvalue weighted by atomic mass is 16.4. The number of piperidine rings is 1. The maximum Gasteiger partial charge on any atom is 0.354 e. The summed E-state index contributed by atoms with van der Waals surface area (Å²) in [4.78, 5) is 11.4. The van der Waals surface area contributed by atoms with E-state index in [9.17, 15) is 9.90 Å². The van der Waals surface area contributed by atoms with E-state index in [0.29, 0.717) is 18.8 Å². The standard InChI is InChI=1S/C11H16N4O2/c16-11(17)10-8-5-13-6-9(8)14-15(10)7-1-3-12-4-2-7/h7,12-13H,1-6H2,(H,16,17). The lowest BCUT2D eigenvalue weighted by molar-refractivity contribution is 0.0677. The van der Waals surface area contributed by atoms with E-state index < -0.39 is 5.97 Å². The van der Waals surface area contributed by atoms with Crippen molar-refractivity contribution in [1.82, 2.24) is 20.4 Å². The summed E-state index contributed by atoms with van der Waals surface area (Å²) in [6.45, 7) is 3.19. The lowest BCUT2D eigenvalue weighted by atomic mass is 10.1. The first-order chi connectivity index (χ1) is 8.27. The van der Waals surface area contributed by atoms with Gasteiger partial charge in [-0.25, -0.2) is 4.79 Å². The van der Waals surface area contributed by atoms with Gasteiger partial charge in [0.05, 0.1) is 11.7 Å². The van der Waals surface area contributed by atoms with Gasteiger partial charge in [-0.2, -0.15) is 5.10 Å². The molecule has 0 bridgehead atoms. The lowest BCUT2D eigenvalue weighted by Gasteiger charge is -2.24. The number of hydrogen-bond donors (Lipinski definition) is 3. The smallest absolute Gasteiger partial charge is 0.354 e. The van der Waals surface area contributed by atoms with Crippen molar-refractivity contribution in [3.63, 3.8) is 0 Å². The van der Waals surface area contributed by atoms with Crippen molar-refractivity contribution in [3.8, 4) is 0 Å². The molecule has 0 radical (unpaired) electrons. The molecule has 2 aliphatic heterocycles. The topological polar surface area (TPSA) is 79.2 Å². The molecule has 0 aliphatic carbocycles. The van der Waals surface area contributed by atoms with Gasteiger partial charge in [-0.15, -0.1) is 0 Å². The third kappa shape index (κ3) is 1.73. The van der Waals surface area contributed by atoms with Crippen molar-refractivity contribution < 1.29 is 9.90 Å². The fourth-order valence-corrected chi connectivity index (χ4v) is 2.69. The first kappa shape index (κ1) is 10.7. The number of carboxylic acid groups (broad SMARTS) is 1. The van der Waals surface area contributed by atoms with Crippen molar-refractivity contribution in [3.05, 3.63) is 17.0 Å². The van der Waals surface area contributed by atoms with Gasteiger partial charge in [0.15, 0.2) is 5.69 Å². The number of nitrogens with one attached hydrogen (secondary N) is 2. The van der Waals surface area contributed by atoms with Gasteiger partial charge < -0.3 is 15.7 Å². The second-order valence-electron chi connectivity index (χ2n) is 4.61. The van der Waals surface area contributed by atoms with Gasteiger partial charge in [0.2, 0.25) is 0 Å².